The molecule has 0 heterocycles. The van der Waals surface area contributed by atoms with E-state index in [0.29, 0.717) is 6.42 Å². The van der Waals surface area contributed by atoms with Crippen molar-refractivity contribution in [2.75, 3.05) is 19.0 Å². The van der Waals surface area contributed by atoms with Gasteiger partial charge in [0.05, 0.1) is 12.5 Å². The number of hydrogen-bond acceptors (Lipinski definition) is 2. The Kier molecular flexibility index (Phi) is 3.64. The third-order valence-electron chi connectivity index (χ3n) is 2.91. The number of nitriles is 1. The Balaban J connectivity index is 2.49. The number of benzene rings is 2. The molecule has 2 rings (SSSR count). The van der Waals surface area contributed by atoms with E-state index < -0.39 is 0 Å². The van der Waals surface area contributed by atoms with E-state index in [1.54, 1.807) is 0 Å². The number of anilines is 1. The summed E-state index contributed by atoms with van der Waals surface area (Å²) in [7, 11) is 4.08. The molecule has 2 aromatic rings. The molecule has 0 spiro atoms. The summed E-state index contributed by atoms with van der Waals surface area (Å²) in [5, 5.41) is 8.77. The second-order valence-corrected chi connectivity index (χ2v) is 4.45. The molecule has 18 heavy (non-hydrogen) atoms. The van der Waals surface area contributed by atoms with Crippen LogP contribution in [0.2, 0.25) is 0 Å². The standard InChI is InChI=1S/C16H16N2/c1-18(2)16-9-4-3-8-15(16)14-7-5-6-13(12-14)10-11-17/h3-9,12H,10H2,1-2H3. The predicted octanol–water partition coefficient (Wildman–Crippen LogP) is 3.49. The molecule has 0 fully saturated rings. The maximum Gasteiger partial charge on any atom is 0.0669 e. The van der Waals surface area contributed by atoms with E-state index in [-0.39, 0.29) is 0 Å². The minimum atomic E-state index is 0.456. The van der Waals surface area contributed by atoms with E-state index in [4.69, 9.17) is 5.26 Å². The SMILES string of the molecule is CN(C)c1ccccc1-c1cccc(CC#N)c1. The smallest absolute Gasteiger partial charge is 0.0669 e. The lowest BCUT2D eigenvalue weighted by Gasteiger charge is -2.17. The van der Waals surface area contributed by atoms with Gasteiger partial charge in [0, 0.05) is 25.3 Å². The Bertz CT molecular complexity index is 580. The second kappa shape index (κ2) is 5.37. The van der Waals surface area contributed by atoms with Crippen molar-refractivity contribution in [3.63, 3.8) is 0 Å². The van der Waals surface area contributed by atoms with Gasteiger partial charge in [-0.05, 0) is 17.2 Å². The summed E-state index contributed by atoms with van der Waals surface area (Å²) >= 11 is 0. The third-order valence-corrected chi connectivity index (χ3v) is 2.91. The van der Waals surface area contributed by atoms with Gasteiger partial charge in [0.25, 0.3) is 0 Å². The molecule has 0 aliphatic carbocycles. The van der Waals surface area contributed by atoms with Crippen molar-refractivity contribution >= 4 is 5.69 Å². The first kappa shape index (κ1) is 12.2. The molecule has 0 radical (unpaired) electrons. The highest BCUT2D eigenvalue weighted by Gasteiger charge is 2.06. The first-order chi connectivity index (χ1) is 8.72. The second-order valence-electron chi connectivity index (χ2n) is 4.45. The maximum atomic E-state index is 8.77. The maximum absolute atomic E-state index is 8.77. The first-order valence-electron chi connectivity index (χ1n) is 5.95. The summed E-state index contributed by atoms with van der Waals surface area (Å²) in [5.41, 5.74) is 4.60. The van der Waals surface area contributed by atoms with Crippen molar-refractivity contribution in [1.82, 2.24) is 0 Å². The summed E-state index contributed by atoms with van der Waals surface area (Å²) in [6.45, 7) is 0. The van der Waals surface area contributed by atoms with Crippen molar-refractivity contribution in [1.29, 1.82) is 5.26 Å². The molecule has 2 nitrogen and oxygen atoms in total. The van der Waals surface area contributed by atoms with Crippen LogP contribution in [0.1, 0.15) is 5.56 Å². The molecule has 0 N–H and O–H groups in total. The van der Waals surface area contributed by atoms with E-state index in [9.17, 15) is 0 Å². The van der Waals surface area contributed by atoms with Crippen LogP contribution in [0.5, 0.6) is 0 Å². The van der Waals surface area contributed by atoms with Gasteiger partial charge in [-0.15, -0.1) is 0 Å². The lowest BCUT2D eigenvalue weighted by atomic mass is 10.00. The highest BCUT2D eigenvalue weighted by molar-refractivity contribution is 5.78. The molecule has 0 saturated carbocycles. The summed E-state index contributed by atoms with van der Waals surface area (Å²) < 4.78 is 0. The average molecular weight is 236 g/mol. The minimum absolute atomic E-state index is 0.456. The summed E-state index contributed by atoms with van der Waals surface area (Å²) in [5.74, 6) is 0. The largest absolute Gasteiger partial charge is 0.377 e. The molecule has 0 saturated heterocycles. The molecular formula is C16H16N2. The predicted molar refractivity (Wildman–Crippen MR) is 75.5 cm³/mol. The molecule has 2 heteroatoms. The zero-order chi connectivity index (χ0) is 13.0. The third kappa shape index (κ3) is 2.52. The Labute approximate surface area is 108 Å². The van der Waals surface area contributed by atoms with Crippen molar-refractivity contribution < 1.29 is 0 Å². The lowest BCUT2D eigenvalue weighted by Crippen LogP contribution is -2.09. The molecule has 0 aromatic heterocycles. The van der Waals surface area contributed by atoms with Crippen molar-refractivity contribution in [2.45, 2.75) is 6.42 Å². The van der Waals surface area contributed by atoms with E-state index in [1.807, 2.05) is 38.4 Å². The first-order valence-corrected chi connectivity index (χ1v) is 5.95. The Morgan fingerprint density at radius 3 is 2.56 bits per heavy atom. The fourth-order valence-electron chi connectivity index (χ4n) is 2.05. The number of para-hydroxylation sites is 1. The van der Waals surface area contributed by atoms with E-state index in [2.05, 4.69) is 35.2 Å². The van der Waals surface area contributed by atoms with Crippen LogP contribution in [0.3, 0.4) is 0 Å². The molecule has 2 aromatic carbocycles. The van der Waals surface area contributed by atoms with Crippen LogP contribution in [0.15, 0.2) is 48.5 Å². The van der Waals surface area contributed by atoms with Gasteiger partial charge in [-0.25, -0.2) is 0 Å². The molecule has 0 atom stereocenters. The van der Waals surface area contributed by atoms with E-state index in [1.165, 1.54) is 11.3 Å². The summed E-state index contributed by atoms with van der Waals surface area (Å²) in [6, 6.07) is 18.7. The Morgan fingerprint density at radius 2 is 1.83 bits per heavy atom. The summed E-state index contributed by atoms with van der Waals surface area (Å²) in [4.78, 5) is 2.10. The average Bonchev–Trinajstić information content (AvgIpc) is 2.39. The van der Waals surface area contributed by atoms with Gasteiger partial charge in [0.2, 0.25) is 0 Å². The lowest BCUT2D eigenvalue weighted by molar-refractivity contribution is 1.13. The fourth-order valence-corrected chi connectivity index (χ4v) is 2.05. The van der Waals surface area contributed by atoms with Crippen molar-refractivity contribution in [3.8, 4) is 17.2 Å². The molecule has 90 valence electrons. The molecule has 0 aliphatic heterocycles. The summed E-state index contributed by atoms with van der Waals surface area (Å²) in [6.07, 6.45) is 0.456. The topological polar surface area (TPSA) is 27.0 Å². The van der Waals surface area contributed by atoms with E-state index >= 15 is 0 Å². The monoisotopic (exact) mass is 236 g/mol. The molecule has 0 unspecified atom stereocenters. The molecule has 0 aliphatic rings. The van der Waals surface area contributed by atoms with Gasteiger partial charge in [0.1, 0.15) is 0 Å². The van der Waals surface area contributed by atoms with Crippen molar-refractivity contribution in [2.24, 2.45) is 0 Å². The van der Waals surface area contributed by atoms with Gasteiger partial charge < -0.3 is 4.90 Å². The van der Waals surface area contributed by atoms with Gasteiger partial charge >= 0.3 is 0 Å². The van der Waals surface area contributed by atoms with Crippen LogP contribution in [0, 0.1) is 11.3 Å². The molecule has 0 bridgehead atoms. The highest BCUT2D eigenvalue weighted by Crippen LogP contribution is 2.29. The van der Waals surface area contributed by atoms with Crippen LogP contribution in [-0.4, -0.2) is 14.1 Å². The Hall–Kier alpha value is -2.27. The van der Waals surface area contributed by atoms with Crippen LogP contribution < -0.4 is 4.90 Å². The highest BCUT2D eigenvalue weighted by atomic mass is 15.1. The van der Waals surface area contributed by atoms with Crippen LogP contribution in [0.25, 0.3) is 11.1 Å². The normalized spacial score (nSPS) is 9.83. The van der Waals surface area contributed by atoms with Crippen molar-refractivity contribution in [3.05, 3.63) is 54.1 Å². The Morgan fingerprint density at radius 1 is 1.06 bits per heavy atom. The number of hydrogen-bond donors (Lipinski definition) is 0. The van der Waals surface area contributed by atoms with Gasteiger partial charge in [-0.3, -0.25) is 0 Å². The van der Waals surface area contributed by atoms with Gasteiger partial charge in [-0.2, -0.15) is 5.26 Å². The van der Waals surface area contributed by atoms with E-state index in [0.717, 1.165) is 11.1 Å². The quantitative estimate of drug-likeness (QED) is 0.815. The van der Waals surface area contributed by atoms with Gasteiger partial charge in [0.15, 0.2) is 0 Å². The number of rotatable bonds is 3. The molecule has 0 amide bonds. The zero-order valence-electron chi connectivity index (χ0n) is 10.7. The number of nitrogens with zero attached hydrogens (tertiary/aromatic N) is 2. The van der Waals surface area contributed by atoms with Crippen LogP contribution >= 0.6 is 0 Å². The van der Waals surface area contributed by atoms with Crippen LogP contribution in [-0.2, 0) is 6.42 Å². The minimum Gasteiger partial charge on any atom is -0.377 e. The zero-order valence-corrected chi connectivity index (χ0v) is 10.7. The van der Waals surface area contributed by atoms with Gasteiger partial charge in [-0.1, -0.05) is 42.5 Å². The van der Waals surface area contributed by atoms with Crippen LogP contribution in [0.4, 0.5) is 5.69 Å². The molecular weight excluding hydrogens is 220 g/mol. The fraction of sp³-hybridized carbons (Fsp3) is 0.188.